The molecule has 0 spiro atoms. The summed E-state index contributed by atoms with van der Waals surface area (Å²) in [6.45, 7) is 0.214. The highest BCUT2D eigenvalue weighted by molar-refractivity contribution is 5.94. The zero-order chi connectivity index (χ0) is 25.4. The maximum absolute atomic E-state index is 14.1. The second kappa shape index (κ2) is 8.91. The van der Waals surface area contributed by atoms with E-state index in [2.05, 4.69) is 20.4 Å². The standard InChI is InChI=1S/C25H18F4N6O/c1-30-24-31-10-8-18(32-24)14-34-11-9-15(12-22(34)36)23-20-13-17(26)4-7-21(20)35(33-23)19-5-2-16(3-6-19)25(27,28)29/h2-13H,14H2,1H3,(H,30,31,32). The highest BCUT2D eigenvalue weighted by Gasteiger charge is 2.30. The molecule has 0 atom stereocenters. The molecule has 1 N–H and O–H groups in total. The number of halogens is 4. The molecule has 36 heavy (non-hydrogen) atoms. The molecular formula is C25H18F4N6O. The van der Waals surface area contributed by atoms with Crippen LogP contribution in [0.15, 0.2) is 77.9 Å². The lowest BCUT2D eigenvalue weighted by atomic mass is 10.1. The number of rotatable bonds is 5. The van der Waals surface area contributed by atoms with Crippen LogP contribution in [0.25, 0.3) is 27.8 Å². The van der Waals surface area contributed by atoms with Gasteiger partial charge >= 0.3 is 6.18 Å². The third-order valence-electron chi connectivity index (χ3n) is 5.62. The molecule has 0 saturated heterocycles. The first-order valence-corrected chi connectivity index (χ1v) is 10.8. The number of nitrogens with zero attached hydrogens (tertiary/aromatic N) is 5. The van der Waals surface area contributed by atoms with E-state index in [9.17, 15) is 22.4 Å². The van der Waals surface area contributed by atoms with Gasteiger partial charge in [-0.05, 0) is 54.6 Å². The number of nitrogens with one attached hydrogen (secondary N) is 1. The van der Waals surface area contributed by atoms with Gasteiger partial charge in [0.2, 0.25) is 5.95 Å². The minimum Gasteiger partial charge on any atom is -0.357 e. The average Bonchev–Trinajstić information content (AvgIpc) is 3.23. The summed E-state index contributed by atoms with van der Waals surface area (Å²) in [4.78, 5) is 21.2. The van der Waals surface area contributed by atoms with E-state index in [-0.39, 0.29) is 12.1 Å². The van der Waals surface area contributed by atoms with Gasteiger partial charge in [0, 0.05) is 36.5 Å². The van der Waals surface area contributed by atoms with Crippen LogP contribution in [0.5, 0.6) is 0 Å². The maximum atomic E-state index is 14.1. The molecule has 0 unspecified atom stereocenters. The molecule has 0 fully saturated rings. The number of benzene rings is 2. The highest BCUT2D eigenvalue weighted by Crippen LogP contribution is 2.32. The first-order valence-electron chi connectivity index (χ1n) is 10.8. The monoisotopic (exact) mass is 494 g/mol. The molecule has 0 saturated carbocycles. The van der Waals surface area contributed by atoms with Crippen LogP contribution in [0.3, 0.4) is 0 Å². The van der Waals surface area contributed by atoms with Crippen LogP contribution in [-0.2, 0) is 12.7 Å². The molecule has 0 aliphatic rings. The topological polar surface area (TPSA) is 77.6 Å². The molecule has 5 aromatic rings. The van der Waals surface area contributed by atoms with Crippen molar-refractivity contribution in [3.8, 4) is 16.9 Å². The average molecular weight is 494 g/mol. The third kappa shape index (κ3) is 4.42. The van der Waals surface area contributed by atoms with Crippen molar-refractivity contribution >= 4 is 16.9 Å². The van der Waals surface area contributed by atoms with E-state index in [1.807, 2.05) is 0 Å². The Balaban J connectivity index is 1.56. The van der Waals surface area contributed by atoms with E-state index in [4.69, 9.17) is 0 Å². The highest BCUT2D eigenvalue weighted by atomic mass is 19.4. The second-order valence-corrected chi connectivity index (χ2v) is 7.97. The van der Waals surface area contributed by atoms with Crippen LogP contribution in [0, 0.1) is 5.82 Å². The van der Waals surface area contributed by atoms with E-state index >= 15 is 0 Å². The predicted octanol–water partition coefficient (Wildman–Crippen LogP) is 4.89. The zero-order valence-electron chi connectivity index (χ0n) is 18.8. The molecule has 0 radical (unpaired) electrons. The molecular weight excluding hydrogens is 476 g/mol. The molecule has 0 bridgehead atoms. The lowest BCUT2D eigenvalue weighted by Gasteiger charge is -2.08. The van der Waals surface area contributed by atoms with Gasteiger partial charge in [-0.2, -0.15) is 18.3 Å². The molecule has 0 aliphatic carbocycles. The predicted molar refractivity (Wildman–Crippen MR) is 126 cm³/mol. The largest absolute Gasteiger partial charge is 0.416 e. The van der Waals surface area contributed by atoms with E-state index < -0.39 is 17.6 Å². The van der Waals surface area contributed by atoms with Crippen LogP contribution in [0.4, 0.5) is 23.5 Å². The van der Waals surface area contributed by atoms with Crippen molar-refractivity contribution in [2.24, 2.45) is 0 Å². The lowest BCUT2D eigenvalue weighted by molar-refractivity contribution is -0.137. The van der Waals surface area contributed by atoms with Crippen molar-refractivity contribution in [3.05, 3.63) is 100 Å². The first-order chi connectivity index (χ1) is 17.2. The van der Waals surface area contributed by atoms with Crippen LogP contribution < -0.4 is 10.9 Å². The molecule has 7 nitrogen and oxygen atoms in total. The van der Waals surface area contributed by atoms with Gasteiger partial charge in [-0.3, -0.25) is 4.79 Å². The Labute approximate surface area is 201 Å². The van der Waals surface area contributed by atoms with Crippen LogP contribution in [-0.4, -0.2) is 31.4 Å². The smallest absolute Gasteiger partial charge is 0.357 e. The van der Waals surface area contributed by atoms with Crippen molar-refractivity contribution in [2.75, 3.05) is 12.4 Å². The van der Waals surface area contributed by atoms with Crippen LogP contribution in [0.1, 0.15) is 11.3 Å². The molecule has 182 valence electrons. The minimum absolute atomic E-state index is 0.214. The fraction of sp³-hybridized carbons (Fsp3) is 0.120. The van der Waals surface area contributed by atoms with Crippen molar-refractivity contribution in [1.82, 2.24) is 24.3 Å². The van der Waals surface area contributed by atoms with E-state index in [1.54, 1.807) is 31.6 Å². The zero-order valence-corrected chi connectivity index (χ0v) is 18.8. The van der Waals surface area contributed by atoms with Crippen LogP contribution in [0.2, 0.25) is 0 Å². The summed E-state index contributed by atoms with van der Waals surface area (Å²) in [6, 6.07) is 13.3. The molecule has 2 aromatic carbocycles. The summed E-state index contributed by atoms with van der Waals surface area (Å²) in [5.41, 5.74) is 1.13. The Morgan fingerprint density at radius 3 is 2.47 bits per heavy atom. The van der Waals surface area contributed by atoms with E-state index in [0.717, 1.165) is 12.1 Å². The Bertz CT molecular complexity index is 1620. The quantitative estimate of drug-likeness (QED) is 0.352. The van der Waals surface area contributed by atoms with Gasteiger partial charge in [-0.15, -0.1) is 0 Å². The molecule has 3 heterocycles. The van der Waals surface area contributed by atoms with Crippen molar-refractivity contribution in [3.63, 3.8) is 0 Å². The molecule has 0 aliphatic heterocycles. The first kappa shape index (κ1) is 23.2. The Kier molecular flexibility index (Phi) is 5.75. The normalized spacial score (nSPS) is 11.7. The molecule has 5 rings (SSSR count). The molecule has 0 amide bonds. The lowest BCUT2D eigenvalue weighted by Crippen LogP contribution is -2.20. The SMILES string of the molecule is CNc1nccc(Cn2ccc(-c3nn(-c4ccc(C(F)(F)F)cc4)c4ccc(F)cc34)cc2=O)n1. The Morgan fingerprint density at radius 1 is 1.00 bits per heavy atom. The molecule has 3 aromatic heterocycles. The van der Waals surface area contributed by atoms with Gasteiger partial charge in [-0.1, -0.05) is 0 Å². The number of aromatic nitrogens is 5. The van der Waals surface area contributed by atoms with Gasteiger partial charge in [0.05, 0.1) is 29.0 Å². The van der Waals surface area contributed by atoms with Crippen LogP contribution >= 0.6 is 0 Å². The van der Waals surface area contributed by atoms with Gasteiger partial charge < -0.3 is 9.88 Å². The molecule has 11 heteroatoms. The fourth-order valence-electron chi connectivity index (χ4n) is 3.86. The summed E-state index contributed by atoms with van der Waals surface area (Å²) in [5, 5.41) is 7.79. The summed E-state index contributed by atoms with van der Waals surface area (Å²) in [6.07, 6.45) is -1.30. The number of fused-ring (bicyclic) bond motifs is 1. The number of hydrogen-bond acceptors (Lipinski definition) is 5. The Hall–Kier alpha value is -4.54. The van der Waals surface area contributed by atoms with E-state index in [0.29, 0.717) is 39.5 Å². The summed E-state index contributed by atoms with van der Waals surface area (Å²) >= 11 is 0. The second-order valence-electron chi connectivity index (χ2n) is 7.97. The van der Waals surface area contributed by atoms with Gasteiger partial charge in [-0.25, -0.2) is 19.0 Å². The number of alkyl halides is 3. The number of anilines is 1. The fourth-order valence-corrected chi connectivity index (χ4v) is 3.86. The van der Waals surface area contributed by atoms with E-state index in [1.165, 1.54) is 45.6 Å². The van der Waals surface area contributed by atoms with Crippen molar-refractivity contribution < 1.29 is 17.6 Å². The van der Waals surface area contributed by atoms with Gasteiger partial charge in [0.1, 0.15) is 11.5 Å². The van der Waals surface area contributed by atoms with Gasteiger partial charge in [0.25, 0.3) is 5.56 Å². The number of hydrogen-bond donors (Lipinski definition) is 1. The van der Waals surface area contributed by atoms with Gasteiger partial charge in [0.15, 0.2) is 0 Å². The maximum Gasteiger partial charge on any atom is 0.416 e. The summed E-state index contributed by atoms with van der Waals surface area (Å²) < 4.78 is 56.0. The third-order valence-corrected chi connectivity index (χ3v) is 5.62. The number of pyridine rings is 1. The van der Waals surface area contributed by atoms with Crippen molar-refractivity contribution in [1.29, 1.82) is 0 Å². The Morgan fingerprint density at radius 2 is 1.78 bits per heavy atom. The summed E-state index contributed by atoms with van der Waals surface area (Å²) in [5.74, 6) is -0.0763. The minimum atomic E-state index is -4.47. The summed E-state index contributed by atoms with van der Waals surface area (Å²) in [7, 11) is 1.69. The van der Waals surface area contributed by atoms with Crippen molar-refractivity contribution in [2.45, 2.75) is 12.7 Å².